The molecule has 0 bridgehead atoms. The molecule has 4 aliphatic heterocycles. The molecule has 4 saturated heterocycles. The number of hydrogen-bond donors (Lipinski definition) is 7. The Hall–Kier alpha value is -1.50. The van der Waals surface area contributed by atoms with E-state index in [1.54, 1.807) is 48.5 Å². The molecule has 0 unspecified atom stereocenters. The fourth-order valence-corrected chi connectivity index (χ4v) is 10.2. The van der Waals surface area contributed by atoms with Crippen LogP contribution < -0.4 is 0 Å². The number of cyclic esters (lactones) is 1. The van der Waals surface area contributed by atoms with E-state index in [4.69, 9.17) is 42.6 Å². The largest absolute Gasteiger partial charge is 0.459 e. The summed E-state index contributed by atoms with van der Waals surface area (Å²) in [7, 11) is 6.63. The van der Waals surface area contributed by atoms with E-state index in [9.17, 15) is 45.3 Å². The summed E-state index contributed by atoms with van der Waals surface area (Å²) >= 11 is 0. The lowest BCUT2D eigenvalue weighted by molar-refractivity contribution is -0.361. The van der Waals surface area contributed by atoms with Crippen LogP contribution in [-0.4, -0.2) is 202 Å². The maximum Gasteiger partial charge on any atom is 0.311 e. The summed E-state index contributed by atoms with van der Waals surface area (Å²) in [4.78, 5) is 30.5. The van der Waals surface area contributed by atoms with Crippen molar-refractivity contribution < 1.29 is 88.0 Å². The summed E-state index contributed by atoms with van der Waals surface area (Å²) in [5.41, 5.74) is -4.61. The van der Waals surface area contributed by atoms with E-state index in [1.165, 1.54) is 28.1 Å². The molecule has 0 aliphatic carbocycles. The number of nitrogens with zero attached hydrogens (tertiary/aromatic N) is 1. The number of methoxy groups -OCH3 is 2. The van der Waals surface area contributed by atoms with Gasteiger partial charge in [0.15, 0.2) is 18.9 Å². The molecule has 4 fully saturated rings. The van der Waals surface area contributed by atoms with Crippen LogP contribution in [0.4, 0.5) is 0 Å². The monoisotopic (exact) mass is 910 g/mol. The molecular weight excluding hydrogens is 830 g/mol. The fourth-order valence-electron chi connectivity index (χ4n) is 10.2. The molecule has 4 heterocycles. The highest BCUT2D eigenvalue weighted by atomic mass is 16.7. The number of ketones is 1. The van der Waals surface area contributed by atoms with Crippen molar-refractivity contribution in [1.82, 2.24) is 4.90 Å². The van der Waals surface area contributed by atoms with E-state index >= 15 is 0 Å². The molecular formula is C44H79NO18. The standard InChI is InChI=1S/C44H79NO18/c1-15-28-44(10,54)36(52)22(4)30(47)20(2)17-42(8,55-13)37(62-40-31(48)26(45(11)12)16-21(3)57-40)23(5)35(24(6)39(53)60-28)61-29-18-43(9,56-14)38(25(7)58-29)63-41-34(51)33(50)32(49)27(19-46)59-41/h20-29,31-38,40-41,46,48-52,54H,15-19H2,1-14H3/t20-,21-,22+,23+,24-,25+,26+,27-,28-,29+,31-,32-,33+,34-,35+,36-,37-,38+,40+,41+,42-,43-,44-/m1/s1. The SMILES string of the molecule is CC[C@H]1OC(=O)[C@H](C)[C@@H](O[C@H]2C[C@@](C)(OC)[C@@H](O[C@@H]3O[C@H](CO)[C@@H](O)[C@H](O)[C@H]3O)[C@H](C)O2)[C@H](C)[C@@H](O[C@@H]2O[C@H](C)C[C@H](N(C)C)[C@H]2O)[C@](C)(OC)C[C@@H](C)C(=O)[C@H](C)[C@@H](O)[C@]1(C)O. The number of ether oxygens (including phenoxy) is 9. The number of hydrogen-bond acceptors (Lipinski definition) is 19. The van der Waals surface area contributed by atoms with Crippen LogP contribution in [0.3, 0.4) is 0 Å². The lowest BCUT2D eigenvalue weighted by Gasteiger charge is -2.51. The first kappa shape index (κ1) is 54.1. The summed E-state index contributed by atoms with van der Waals surface area (Å²) in [6, 6.07) is -0.342. The fraction of sp³-hybridized carbons (Fsp3) is 0.955. The second kappa shape index (κ2) is 21.6. The lowest BCUT2D eigenvalue weighted by atomic mass is 9.74. The van der Waals surface area contributed by atoms with E-state index in [0.29, 0.717) is 6.42 Å². The van der Waals surface area contributed by atoms with Gasteiger partial charge in [0.05, 0.1) is 54.2 Å². The van der Waals surface area contributed by atoms with Gasteiger partial charge in [0.1, 0.15) is 54.1 Å². The van der Waals surface area contributed by atoms with Gasteiger partial charge in [-0.15, -0.1) is 0 Å². The Morgan fingerprint density at radius 1 is 0.746 bits per heavy atom. The van der Waals surface area contributed by atoms with Gasteiger partial charge in [-0.3, -0.25) is 9.59 Å². The Morgan fingerprint density at radius 3 is 1.87 bits per heavy atom. The zero-order valence-corrected chi connectivity index (χ0v) is 39.7. The van der Waals surface area contributed by atoms with Gasteiger partial charge in [-0.1, -0.05) is 27.7 Å². The summed E-state index contributed by atoms with van der Waals surface area (Å²) in [5, 5.41) is 76.4. The second-order valence-corrected chi connectivity index (χ2v) is 19.4. The lowest BCUT2D eigenvalue weighted by Crippen LogP contribution is -2.64. The molecule has 0 aromatic rings. The van der Waals surface area contributed by atoms with E-state index in [1.807, 2.05) is 25.9 Å². The highest BCUT2D eigenvalue weighted by Crippen LogP contribution is 2.43. The first-order valence-corrected chi connectivity index (χ1v) is 22.4. The number of carbonyl (C=O) groups is 2. The van der Waals surface area contributed by atoms with Crippen LogP contribution in [0.25, 0.3) is 0 Å². The molecule has 0 aromatic carbocycles. The Morgan fingerprint density at radius 2 is 1.32 bits per heavy atom. The van der Waals surface area contributed by atoms with Crippen LogP contribution in [0.5, 0.6) is 0 Å². The van der Waals surface area contributed by atoms with Gasteiger partial charge < -0.3 is 83.3 Å². The van der Waals surface area contributed by atoms with Crippen LogP contribution in [0.1, 0.15) is 94.9 Å². The molecule has 4 rings (SSSR count). The van der Waals surface area contributed by atoms with Crippen LogP contribution in [0.15, 0.2) is 0 Å². The smallest absolute Gasteiger partial charge is 0.311 e. The third-order valence-corrected chi connectivity index (χ3v) is 14.4. The van der Waals surface area contributed by atoms with Gasteiger partial charge in [-0.25, -0.2) is 0 Å². The molecule has 0 spiro atoms. The highest BCUT2D eigenvalue weighted by Gasteiger charge is 2.56. The maximum absolute atomic E-state index is 14.5. The Bertz CT molecular complexity index is 1490. The molecule has 23 atom stereocenters. The molecule has 0 saturated carbocycles. The van der Waals surface area contributed by atoms with Crippen LogP contribution in [-0.2, 0) is 52.2 Å². The zero-order chi connectivity index (χ0) is 47.7. The van der Waals surface area contributed by atoms with E-state index in [-0.39, 0.29) is 37.2 Å². The first-order chi connectivity index (χ1) is 29.2. The topological polar surface area (TPSA) is 262 Å². The number of carbonyl (C=O) groups excluding carboxylic acids is 2. The van der Waals surface area contributed by atoms with Crippen LogP contribution >= 0.6 is 0 Å². The number of rotatable bonds is 11. The Kier molecular flexibility index (Phi) is 18.6. The minimum Gasteiger partial charge on any atom is -0.459 e. The Labute approximate surface area is 372 Å². The maximum atomic E-state index is 14.5. The zero-order valence-electron chi connectivity index (χ0n) is 39.7. The summed E-state index contributed by atoms with van der Waals surface area (Å²) in [5.74, 6) is -4.92. The molecule has 0 aromatic heterocycles. The van der Waals surface area contributed by atoms with Crippen molar-refractivity contribution in [2.75, 3.05) is 34.9 Å². The van der Waals surface area contributed by atoms with Gasteiger partial charge >= 0.3 is 5.97 Å². The second-order valence-electron chi connectivity index (χ2n) is 19.4. The predicted octanol–water partition coefficient (Wildman–Crippen LogP) is 0.264. The molecule has 19 heteroatoms. The van der Waals surface area contributed by atoms with Gasteiger partial charge in [-0.05, 0) is 74.9 Å². The molecule has 0 amide bonds. The van der Waals surface area contributed by atoms with E-state index < -0.39 is 139 Å². The van der Waals surface area contributed by atoms with Gasteiger partial charge in [-0.2, -0.15) is 0 Å². The minimum absolute atomic E-state index is 0.0254. The number of aliphatic hydroxyl groups excluding tert-OH is 6. The molecule has 63 heavy (non-hydrogen) atoms. The molecule has 0 radical (unpaired) electrons. The van der Waals surface area contributed by atoms with Crippen molar-refractivity contribution in [1.29, 1.82) is 0 Å². The molecule has 7 N–H and O–H groups in total. The van der Waals surface area contributed by atoms with Crippen molar-refractivity contribution in [3.63, 3.8) is 0 Å². The third kappa shape index (κ3) is 11.4. The third-order valence-electron chi connectivity index (χ3n) is 14.4. The average Bonchev–Trinajstić information content (AvgIpc) is 3.23. The minimum atomic E-state index is -2.03. The first-order valence-electron chi connectivity index (χ1n) is 22.4. The molecule has 4 aliphatic rings. The normalized spacial score (nSPS) is 49.9. The number of aliphatic hydroxyl groups is 7. The van der Waals surface area contributed by atoms with E-state index in [0.717, 1.165) is 0 Å². The summed E-state index contributed by atoms with van der Waals surface area (Å²) in [6.45, 7) is 16.0. The predicted molar refractivity (Wildman–Crippen MR) is 224 cm³/mol. The molecule has 368 valence electrons. The van der Waals surface area contributed by atoms with Crippen LogP contribution in [0.2, 0.25) is 0 Å². The van der Waals surface area contributed by atoms with Crippen molar-refractivity contribution in [2.24, 2.45) is 23.7 Å². The number of likely N-dealkylation sites (N-methyl/N-ethyl adjacent to an activating group) is 1. The van der Waals surface area contributed by atoms with Gasteiger partial charge in [0.25, 0.3) is 0 Å². The highest BCUT2D eigenvalue weighted by molar-refractivity contribution is 5.83. The van der Waals surface area contributed by atoms with Gasteiger partial charge in [0, 0.05) is 44.4 Å². The van der Waals surface area contributed by atoms with Crippen LogP contribution in [0, 0.1) is 23.7 Å². The van der Waals surface area contributed by atoms with Crippen molar-refractivity contribution in [2.45, 2.75) is 210 Å². The quantitative estimate of drug-likeness (QED) is 0.137. The average molecular weight is 910 g/mol. The summed E-state index contributed by atoms with van der Waals surface area (Å²) in [6.07, 6.45) is -17.7. The number of Topliss-reactive ketones (excluding diaryl/α,β-unsaturated/α-hetero) is 1. The van der Waals surface area contributed by atoms with Crippen molar-refractivity contribution in [3.8, 4) is 0 Å². The van der Waals surface area contributed by atoms with Crippen molar-refractivity contribution >= 4 is 11.8 Å². The van der Waals surface area contributed by atoms with Crippen molar-refractivity contribution in [3.05, 3.63) is 0 Å². The Balaban J connectivity index is 1.81. The summed E-state index contributed by atoms with van der Waals surface area (Å²) < 4.78 is 56.7. The van der Waals surface area contributed by atoms with Gasteiger partial charge in [0.2, 0.25) is 0 Å². The molecule has 19 nitrogen and oxygen atoms in total. The van der Waals surface area contributed by atoms with E-state index in [2.05, 4.69) is 0 Å². The number of esters is 1.